The fraction of sp³-hybridized carbons (Fsp3) is 0.800. The number of aliphatic carboxylic acids is 2. The van der Waals surface area contributed by atoms with Crippen molar-refractivity contribution in [1.29, 1.82) is 0 Å². The summed E-state index contributed by atoms with van der Waals surface area (Å²) in [6.07, 6.45) is 1.31. The number of carboxylic acids is 2. The standard InChI is InChI=1S/2C5H10O2.Ta/c2*1-3-4(2)5(6)7;/h2*4H,3H2,1-2H3,(H,6,7);/q;;+2/p-2. The van der Waals surface area contributed by atoms with Gasteiger partial charge in [-0.1, -0.05) is 27.7 Å². The Morgan fingerprint density at radius 2 is 1.13 bits per heavy atom. The second-order valence-electron chi connectivity index (χ2n) is 3.26. The van der Waals surface area contributed by atoms with Gasteiger partial charge in [0.25, 0.3) is 0 Å². The van der Waals surface area contributed by atoms with Crippen molar-refractivity contribution >= 4 is 11.9 Å². The molecule has 0 aliphatic carbocycles. The Hall–Kier alpha value is -0.320. The third-order valence-corrected chi connectivity index (χ3v) is 2.03. The topological polar surface area (TPSA) is 80.3 Å². The average molecular weight is 383 g/mol. The first kappa shape index (κ1) is 20.1. The number of hydrogen-bond acceptors (Lipinski definition) is 4. The Bertz CT molecular complexity index is 162. The molecule has 0 saturated heterocycles. The Labute approximate surface area is 107 Å². The minimum atomic E-state index is -0.956. The van der Waals surface area contributed by atoms with Crippen LogP contribution in [0.15, 0.2) is 0 Å². The molecule has 15 heavy (non-hydrogen) atoms. The van der Waals surface area contributed by atoms with Crippen LogP contribution in [-0.2, 0) is 32.0 Å². The molecule has 87 valence electrons. The van der Waals surface area contributed by atoms with Crippen LogP contribution in [0.2, 0.25) is 0 Å². The molecule has 0 saturated carbocycles. The molecule has 0 aromatic carbocycles. The molecule has 5 heteroatoms. The van der Waals surface area contributed by atoms with Crippen LogP contribution >= 0.6 is 0 Å². The molecule has 4 nitrogen and oxygen atoms in total. The average Bonchev–Trinajstić information content (AvgIpc) is 2.15. The molecule has 0 aromatic heterocycles. The maximum absolute atomic E-state index is 9.82. The van der Waals surface area contributed by atoms with Gasteiger partial charge >= 0.3 is 22.4 Å². The molecular formula is C10H18O4Ta. The summed E-state index contributed by atoms with van der Waals surface area (Å²) in [5.74, 6) is -2.50. The van der Waals surface area contributed by atoms with Crippen LogP contribution < -0.4 is 10.2 Å². The summed E-state index contributed by atoms with van der Waals surface area (Å²) in [4.78, 5) is 19.6. The fourth-order valence-corrected chi connectivity index (χ4v) is 0.333. The number of rotatable bonds is 4. The van der Waals surface area contributed by atoms with E-state index in [1.807, 2.05) is 13.8 Å². The third kappa shape index (κ3) is 13.7. The molecule has 0 spiro atoms. The van der Waals surface area contributed by atoms with Crippen molar-refractivity contribution < 1.29 is 42.2 Å². The first-order valence-electron chi connectivity index (χ1n) is 4.78. The summed E-state index contributed by atoms with van der Waals surface area (Å²) in [7, 11) is 0. The maximum Gasteiger partial charge on any atom is 2.00 e. The predicted octanol–water partition coefficient (Wildman–Crippen LogP) is -0.438. The minimum absolute atomic E-state index is 0. The zero-order chi connectivity index (χ0) is 11.7. The SMILES string of the molecule is CCC(C)C(=O)[O-].CCC(C)C(=O)[O-].[Ta+2]. The quantitative estimate of drug-likeness (QED) is 0.660. The molecule has 0 aliphatic rings. The normalized spacial score (nSPS) is 12.5. The van der Waals surface area contributed by atoms with Crippen LogP contribution in [0.25, 0.3) is 0 Å². The molecular weight excluding hydrogens is 365 g/mol. The van der Waals surface area contributed by atoms with E-state index in [1.54, 1.807) is 13.8 Å². The minimum Gasteiger partial charge on any atom is -0.550 e. The van der Waals surface area contributed by atoms with E-state index in [0.717, 1.165) is 0 Å². The molecule has 2 atom stereocenters. The van der Waals surface area contributed by atoms with E-state index in [2.05, 4.69) is 0 Å². The molecule has 0 bridgehead atoms. The first-order valence-corrected chi connectivity index (χ1v) is 4.78. The van der Waals surface area contributed by atoms with Crippen LogP contribution in [-0.4, -0.2) is 11.9 Å². The largest absolute Gasteiger partial charge is 2.00 e. The van der Waals surface area contributed by atoms with Gasteiger partial charge in [0.15, 0.2) is 0 Å². The molecule has 0 amide bonds. The molecule has 0 N–H and O–H groups in total. The fourth-order valence-electron chi connectivity index (χ4n) is 0.333. The van der Waals surface area contributed by atoms with E-state index in [9.17, 15) is 19.8 Å². The van der Waals surface area contributed by atoms with Gasteiger partial charge in [-0.15, -0.1) is 0 Å². The van der Waals surface area contributed by atoms with Crippen molar-refractivity contribution in [2.24, 2.45) is 11.8 Å². The number of carbonyl (C=O) groups excluding carboxylic acids is 2. The van der Waals surface area contributed by atoms with Gasteiger partial charge in [-0.05, 0) is 24.7 Å². The molecule has 0 fully saturated rings. The number of hydrogen-bond donors (Lipinski definition) is 0. The zero-order valence-electron chi connectivity index (χ0n) is 9.65. The molecule has 0 aliphatic heterocycles. The van der Waals surface area contributed by atoms with E-state index in [-0.39, 0.29) is 34.2 Å². The summed E-state index contributed by atoms with van der Waals surface area (Å²) in [5, 5.41) is 19.6. The van der Waals surface area contributed by atoms with Gasteiger partial charge in [-0.25, -0.2) is 0 Å². The van der Waals surface area contributed by atoms with Gasteiger partial charge in [0, 0.05) is 11.9 Å². The molecule has 2 unspecified atom stereocenters. The summed E-state index contributed by atoms with van der Waals surface area (Å²) < 4.78 is 0. The van der Waals surface area contributed by atoms with E-state index < -0.39 is 11.9 Å². The van der Waals surface area contributed by atoms with Crippen molar-refractivity contribution in [2.75, 3.05) is 0 Å². The Balaban J connectivity index is -0.000000180. The van der Waals surface area contributed by atoms with Crippen molar-refractivity contribution in [3.05, 3.63) is 0 Å². The van der Waals surface area contributed by atoms with Gasteiger partial charge in [0.1, 0.15) is 0 Å². The first-order chi connectivity index (χ1) is 6.36. The Morgan fingerprint density at radius 1 is 0.933 bits per heavy atom. The second kappa shape index (κ2) is 11.8. The monoisotopic (exact) mass is 383 g/mol. The van der Waals surface area contributed by atoms with Gasteiger partial charge in [0.2, 0.25) is 0 Å². The zero-order valence-corrected chi connectivity index (χ0v) is 12.9. The van der Waals surface area contributed by atoms with Crippen molar-refractivity contribution in [3.63, 3.8) is 0 Å². The Kier molecular flexibility index (Phi) is 15.8. The molecule has 0 aromatic rings. The van der Waals surface area contributed by atoms with E-state index in [4.69, 9.17) is 0 Å². The van der Waals surface area contributed by atoms with E-state index >= 15 is 0 Å². The molecule has 1 radical (unpaired) electrons. The predicted molar refractivity (Wildman–Crippen MR) is 48.9 cm³/mol. The smallest absolute Gasteiger partial charge is 0.550 e. The van der Waals surface area contributed by atoms with E-state index in [1.165, 1.54) is 0 Å². The van der Waals surface area contributed by atoms with Crippen molar-refractivity contribution in [3.8, 4) is 0 Å². The van der Waals surface area contributed by atoms with Crippen LogP contribution in [0.1, 0.15) is 40.5 Å². The van der Waals surface area contributed by atoms with Crippen molar-refractivity contribution in [1.82, 2.24) is 0 Å². The van der Waals surface area contributed by atoms with Crippen LogP contribution in [0, 0.1) is 11.8 Å². The Morgan fingerprint density at radius 3 is 1.13 bits per heavy atom. The van der Waals surface area contributed by atoms with Gasteiger partial charge in [-0.2, -0.15) is 0 Å². The third-order valence-electron chi connectivity index (χ3n) is 2.03. The second-order valence-corrected chi connectivity index (χ2v) is 3.26. The summed E-state index contributed by atoms with van der Waals surface area (Å²) in [5.41, 5.74) is 0. The van der Waals surface area contributed by atoms with Gasteiger partial charge in [0.05, 0.1) is 0 Å². The summed E-state index contributed by atoms with van der Waals surface area (Å²) in [6, 6.07) is 0. The van der Waals surface area contributed by atoms with E-state index in [0.29, 0.717) is 12.8 Å². The van der Waals surface area contributed by atoms with Crippen LogP contribution in [0.5, 0.6) is 0 Å². The number of carboxylic acid groups (broad SMARTS) is 2. The van der Waals surface area contributed by atoms with Crippen molar-refractivity contribution in [2.45, 2.75) is 40.5 Å². The van der Waals surface area contributed by atoms with Crippen LogP contribution in [0.3, 0.4) is 0 Å². The summed E-state index contributed by atoms with van der Waals surface area (Å²) >= 11 is 0. The maximum atomic E-state index is 9.82. The molecule has 0 rings (SSSR count). The summed E-state index contributed by atoms with van der Waals surface area (Å²) in [6.45, 7) is 6.91. The van der Waals surface area contributed by atoms with Gasteiger partial charge in [-0.3, -0.25) is 0 Å². The van der Waals surface area contributed by atoms with Gasteiger partial charge < -0.3 is 19.8 Å². The number of carbonyl (C=O) groups is 2. The van der Waals surface area contributed by atoms with Crippen LogP contribution in [0.4, 0.5) is 0 Å². The molecule has 0 heterocycles.